The zero-order valence-electron chi connectivity index (χ0n) is 11.9. The van der Waals surface area contributed by atoms with E-state index in [1.54, 1.807) is 24.3 Å². The molecule has 1 aliphatic heterocycles. The van der Waals surface area contributed by atoms with Crippen molar-refractivity contribution >= 4 is 34.6 Å². The Balaban J connectivity index is 1.93. The number of nitrogens with one attached hydrogen (secondary N) is 1. The van der Waals surface area contributed by atoms with E-state index < -0.39 is 0 Å². The predicted octanol–water partition coefficient (Wildman–Crippen LogP) is 4.23. The van der Waals surface area contributed by atoms with E-state index in [4.69, 9.17) is 0 Å². The van der Waals surface area contributed by atoms with Crippen molar-refractivity contribution in [2.75, 3.05) is 0 Å². The summed E-state index contributed by atoms with van der Waals surface area (Å²) in [5.74, 6) is 0.760. The third kappa shape index (κ3) is 3.38. The summed E-state index contributed by atoms with van der Waals surface area (Å²) in [5.41, 5.74) is 2.85. The molecule has 4 nitrogen and oxygen atoms in total. The maximum absolute atomic E-state index is 11.6. The molecule has 0 aliphatic carbocycles. The lowest BCUT2D eigenvalue weighted by molar-refractivity contribution is 0.265. The van der Waals surface area contributed by atoms with Gasteiger partial charge in [0.05, 0.1) is 10.6 Å². The molecule has 110 valence electrons. The van der Waals surface area contributed by atoms with Crippen LogP contribution in [0.2, 0.25) is 0 Å². The number of phenolic OH excluding ortho intramolecular Hbond substituents is 1. The van der Waals surface area contributed by atoms with Gasteiger partial charge in [-0.15, -0.1) is 0 Å². The Labute approximate surface area is 132 Å². The number of hydrogen-bond acceptors (Lipinski definition) is 4. The molecule has 0 unspecified atom stereocenters. The van der Waals surface area contributed by atoms with E-state index in [9.17, 15) is 9.90 Å². The number of nitrogens with zero attached hydrogens (tertiary/aromatic N) is 1. The molecule has 2 aromatic rings. The van der Waals surface area contributed by atoms with Crippen LogP contribution in [0, 0.1) is 6.92 Å². The van der Waals surface area contributed by atoms with Crippen LogP contribution in [0.25, 0.3) is 6.08 Å². The lowest BCUT2D eigenvalue weighted by Crippen LogP contribution is -2.18. The SMILES string of the molecule is Cc1ccc(N=C2NC(=O)S/C2=C\c2ccc(O)cc2)cc1. The second-order valence-electron chi connectivity index (χ2n) is 4.91. The van der Waals surface area contributed by atoms with Crippen molar-refractivity contribution < 1.29 is 9.90 Å². The van der Waals surface area contributed by atoms with Crippen LogP contribution < -0.4 is 5.32 Å². The van der Waals surface area contributed by atoms with Gasteiger partial charge in [-0.2, -0.15) is 0 Å². The lowest BCUT2D eigenvalue weighted by atomic mass is 10.2. The molecule has 0 radical (unpaired) electrons. The Morgan fingerprint density at radius 2 is 1.77 bits per heavy atom. The minimum Gasteiger partial charge on any atom is -0.508 e. The molecule has 5 heteroatoms. The van der Waals surface area contributed by atoms with Crippen LogP contribution in [0.3, 0.4) is 0 Å². The fraction of sp³-hybridized carbons (Fsp3) is 0.0588. The molecular formula is C17H14N2O2S. The first-order valence-electron chi connectivity index (χ1n) is 6.75. The third-order valence-corrected chi connectivity index (χ3v) is 3.94. The number of phenols is 1. The highest BCUT2D eigenvalue weighted by Crippen LogP contribution is 2.28. The number of amidine groups is 1. The minimum atomic E-state index is -0.143. The van der Waals surface area contributed by atoms with Gasteiger partial charge >= 0.3 is 0 Å². The quantitative estimate of drug-likeness (QED) is 0.872. The Kier molecular flexibility index (Phi) is 3.98. The first kappa shape index (κ1) is 14.4. The van der Waals surface area contributed by atoms with Crippen molar-refractivity contribution in [3.63, 3.8) is 0 Å². The Morgan fingerprint density at radius 1 is 1.09 bits per heavy atom. The smallest absolute Gasteiger partial charge is 0.289 e. The van der Waals surface area contributed by atoms with Crippen LogP contribution in [0.5, 0.6) is 5.75 Å². The van der Waals surface area contributed by atoms with Crippen molar-refractivity contribution in [1.29, 1.82) is 0 Å². The molecule has 0 aromatic heterocycles. The number of carbonyl (C=O) groups excluding carboxylic acids is 1. The number of hydrogen-bond donors (Lipinski definition) is 2. The molecule has 0 saturated carbocycles. The van der Waals surface area contributed by atoms with Gasteiger partial charge in [0.1, 0.15) is 11.6 Å². The van der Waals surface area contributed by atoms with Gasteiger partial charge in [0.25, 0.3) is 5.24 Å². The molecule has 0 atom stereocenters. The summed E-state index contributed by atoms with van der Waals surface area (Å²) in [7, 11) is 0. The molecule has 1 fully saturated rings. The second-order valence-corrected chi connectivity index (χ2v) is 5.93. The van der Waals surface area contributed by atoms with Gasteiger partial charge in [0.2, 0.25) is 0 Å². The van der Waals surface area contributed by atoms with Crippen molar-refractivity contribution in [3.05, 3.63) is 64.6 Å². The van der Waals surface area contributed by atoms with E-state index >= 15 is 0 Å². The highest BCUT2D eigenvalue weighted by Gasteiger charge is 2.23. The van der Waals surface area contributed by atoms with Gasteiger partial charge in [-0.3, -0.25) is 4.79 Å². The van der Waals surface area contributed by atoms with Crippen molar-refractivity contribution in [3.8, 4) is 5.75 Å². The minimum absolute atomic E-state index is 0.143. The lowest BCUT2D eigenvalue weighted by Gasteiger charge is -2.01. The summed E-state index contributed by atoms with van der Waals surface area (Å²) in [6, 6.07) is 14.6. The van der Waals surface area contributed by atoms with Gasteiger partial charge in [-0.05, 0) is 54.6 Å². The van der Waals surface area contributed by atoms with Gasteiger partial charge in [0.15, 0.2) is 0 Å². The molecule has 1 heterocycles. The van der Waals surface area contributed by atoms with Gasteiger partial charge in [0, 0.05) is 0 Å². The van der Waals surface area contributed by atoms with Crippen LogP contribution in [-0.4, -0.2) is 16.2 Å². The zero-order chi connectivity index (χ0) is 15.5. The standard InChI is InChI=1S/C17H14N2O2S/c1-11-2-6-13(7-3-11)18-16-15(22-17(21)19-16)10-12-4-8-14(20)9-5-12/h2-10,20H,1H3,(H,18,19,21)/b15-10-. The number of rotatable bonds is 2. The summed E-state index contributed by atoms with van der Waals surface area (Å²) < 4.78 is 0. The van der Waals surface area contributed by atoms with Crippen LogP contribution in [0.1, 0.15) is 11.1 Å². The summed E-state index contributed by atoms with van der Waals surface area (Å²) in [6.45, 7) is 2.01. The molecular weight excluding hydrogens is 296 g/mol. The van der Waals surface area contributed by atoms with Gasteiger partial charge in [-0.1, -0.05) is 29.8 Å². The van der Waals surface area contributed by atoms with E-state index in [0.717, 1.165) is 33.5 Å². The summed E-state index contributed by atoms with van der Waals surface area (Å²) in [5, 5.41) is 11.9. The number of carbonyl (C=O) groups is 1. The molecule has 3 rings (SSSR count). The van der Waals surface area contributed by atoms with Crippen molar-refractivity contribution in [2.24, 2.45) is 4.99 Å². The van der Waals surface area contributed by atoms with E-state index in [1.165, 1.54) is 0 Å². The molecule has 0 spiro atoms. The van der Waals surface area contributed by atoms with E-state index in [1.807, 2.05) is 37.3 Å². The molecule has 1 amide bonds. The number of amides is 1. The molecule has 1 saturated heterocycles. The first-order valence-corrected chi connectivity index (χ1v) is 7.57. The Hall–Kier alpha value is -2.53. The monoisotopic (exact) mass is 310 g/mol. The average Bonchev–Trinajstić information content (AvgIpc) is 2.83. The number of thioether (sulfide) groups is 1. The van der Waals surface area contributed by atoms with Crippen LogP contribution in [-0.2, 0) is 0 Å². The van der Waals surface area contributed by atoms with Gasteiger partial charge in [-0.25, -0.2) is 4.99 Å². The van der Waals surface area contributed by atoms with Crippen molar-refractivity contribution in [1.82, 2.24) is 5.32 Å². The van der Waals surface area contributed by atoms with Crippen LogP contribution >= 0.6 is 11.8 Å². The molecule has 1 aliphatic rings. The highest BCUT2D eigenvalue weighted by molar-refractivity contribution is 8.18. The number of aromatic hydroxyl groups is 1. The first-order chi connectivity index (χ1) is 10.6. The van der Waals surface area contributed by atoms with Gasteiger partial charge < -0.3 is 10.4 Å². The van der Waals surface area contributed by atoms with E-state index in [-0.39, 0.29) is 11.0 Å². The third-order valence-electron chi connectivity index (χ3n) is 3.12. The number of benzene rings is 2. The normalized spacial score (nSPS) is 18.0. The Bertz CT molecular complexity index is 697. The van der Waals surface area contributed by atoms with Crippen LogP contribution in [0.4, 0.5) is 10.5 Å². The van der Waals surface area contributed by atoms with E-state index in [2.05, 4.69) is 10.3 Å². The topological polar surface area (TPSA) is 61.7 Å². The fourth-order valence-corrected chi connectivity index (χ4v) is 2.72. The molecule has 0 bridgehead atoms. The Morgan fingerprint density at radius 3 is 2.45 bits per heavy atom. The highest BCUT2D eigenvalue weighted by atomic mass is 32.2. The zero-order valence-corrected chi connectivity index (χ0v) is 12.7. The summed E-state index contributed by atoms with van der Waals surface area (Å²) >= 11 is 1.11. The number of aryl methyl sites for hydroxylation is 1. The summed E-state index contributed by atoms with van der Waals surface area (Å²) in [6.07, 6.45) is 1.87. The van der Waals surface area contributed by atoms with E-state index in [0.29, 0.717) is 5.84 Å². The van der Waals surface area contributed by atoms with Crippen LogP contribution in [0.15, 0.2) is 58.4 Å². The molecule has 2 aromatic carbocycles. The molecule has 2 N–H and O–H groups in total. The number of aliphatic imine (C=N–C) groups is 1. The summed E-state index contributed by atoms with van der Waals surface area (Å²) in [4.78, 5) is 16.9. The maximum atomic E-state index is 11.6. The second kappa shape index (κ2) is 6.07. The molecule has 22 heavy (non-hydrogen) atoms. The largest absolute Gasteiger partial charge is 0.508 e. The predicted molar refractivity (Wildman–Crippen MR) is 90.5 cm³/mol. The average molecular weight is 310 g/mol. The maximum Gasteiger partial charge on any atom is 0.289 e. The van der Waals surface area contributed by atoms with Crippen molar-refractivity contribution in [2.45, 2.75) is 6.92 Å². The fourth-order valence-electron chi connectivity index (χ4n) is 1.98.